The van der Waals surface area contributed by atoms with Crippen LogP contribution < -0.4 is 10.2 Å². The van der Waals surface area contributed by atoms with Crippen LogP contribution in [-0.4, -0.2) is 45.9 Å². The first-order chi connectivity index (χ1) is 8.83. The highest BCUT2D eigenvalue weighted by Gasteiger charge is 2.13. The lowest BCUT2D eigenvalue weighted by Crippen LogP contribution is -2.43. The smallest absolute Gasteiger partial charge is 0.147 e. The summed E-state index contributed by atoms with van der Waals surface area (Å²) in [6, 6.07) is 0. The third-order valence-electron chi connectivity index (χ3n) is 3.06. The molecule has 1 saturated heterocycles. The normalized spacial score (nSPS) is 15.9. The van der Waals surface area contributed by atoms with Crippen molar-refractivity contribution in [3.8, 4) is 11.3 Å². The Labute approximate surface area is 106 Å². The van der Waals surface area contributed by atoms with E-state index >= 15 is 0 Å². The van der Waals surface area contributed by atoms with E-state index in [0.29, 0.717) is 0 Å². The highest BCUT2D eigenvalue weighted by atomic mass is 15.3. The molecule has 18 heavy (non-hydrogen) atoms. The van der Waals surface area contributed by atoms with Gasteiger partial charge < -0.3 is 10.2 Å². The fourth-order valence-electron chi connectivity index (χ4n) is 2.09. The molecule has 0 saturated carbocycles. The van der Waals surface area contributed by atoms with Crippen LogP contribution in [0.3, 0.4) is 0 Å². The first-order valence-corrected chi connectivity index (χ1v) is 6.10. The van der Waals surface area contributed by atoms with Gasteiger partial charge >= 0.3 is 0 Å². The maximum atomic E-state index is 4.66. The van der Waals surface area contributed by atoms with Crippen molar-refractivity contribution >= 4 is 5.82 Å². The summed E-state index contributed by atoms with van der Waals surface area (Å²) in [7, 11) is 1.90. The Morgan fingerprint density at radius 1 is 1.17 bits per heavy atom. The number of aromatic nitrogens is 4. The molecule has 0 amide bonds. The van der Waals surface area contributed by atoms with Crippen molar-refractivity contribution in [1.82, 2.24) is 25.1 Å². The average Bonchev–Trinajstić information content (AvgIpc) is 2.87. The lowest BCUT2D eigenvalue weighted by molar-refractivity contribution is 0.584. The van der Waals surface area contributed by atoms with E-state index in [0.717, 1.165) is 43.3 Å². The van der Waals surface area contributed by atoms with Crippen molar-refractivity contribution in [2.45, 2.75) is 0 Å². The lowest BCUT2D eigenvalue weighted by Gasteiger charge is -2.28. The van der Waals surface area contributed by atoms with Gasteiger partial charge in [-0.3, -0.25) is 9.67 Å². The standard InChI is InChI=1S/C12H16N6/c1-17-9-10(6-15-17)11-7-14-8-12(16-11)18-4-2-13-3-5-18/h6-9,13H,2-5H2,1H3. The van der Waals surface area contributed by atoms with Crippen LogP contribution in [0.15, 0.2) is 24.8 Å². The Bertz CT molecular complexity index is 529. The second-order valence-corrected chi connectivity index (χ2v) is 4.40. The minimum atomic E-state index is 0.874. The van der Waals surface area contributed by atoms with E-state index in [2.05, 4.69) is 25.3 Å². The number of piperazine rings is 1. The van der Waals surface area contributed by atoms with Gasteiger partial charge in [-0.2, -0.15) is 5.10 Å². The second kappa shape index (κ2) is 4.73. The monoisotopic (exact) mass is 244 g/mol. The molecule has 6 heteroatoms. The third-order valence-corrected chi connectivity index (χ3v) is 3.06. The maximum Gasteiger partial charge on any atom is 0.147 e. The predicted octanol–water partition coefficient (Wildman–Crippen LogP) is 0.287. The zero-order chi connectivity index (χ0) is 12.4. The van der Waals surface area contributed by atoms with E-state index in [1.54, 1.807) is 10.9 Å². The number of nitrogens with zero attached hydrogens (tertiary/aromatic N) is 5. The fraction of sp³-hybridized carbons (Fsp3) is 0.417. The van der Waals surface area contributed by atoms with Crippen LogP contribution in [0.25, 0.3) is 11.3 Å². The summed E-state index contributed by atoms with van der Waals surface area (Å²) in [5.41, 5.74) is 1.88. The van der Waals surface area contributed by atoms with Crippen LogP contribution in [-0.2, 0) is 7.05 Å². The molecule has 1 N–H and O–H groups in total. The van der Waals surface area contributed by atoms with E-state index in [1.165, 1.54) is 0 Å². The predicted molar refractivity (Wildman–Crippen MR) is 69.3 cm³/mol. The molecule has 0 spiro atoms. The number of nitrogens with one attached hydrogen (secondary N) is 1. The first-order valence-electron chi connectivity index (χ1n) is 6.10. The van der Waals surface area contributed by atoms with Crippen LogP contribution in [0.5, 0.6) is 0 Å². The molecule has 1 fully saturated rings. The highest BCUT2D eigenvalue weighted by Crippen LogP contribution is 2.18. The van der Waals surface area contributed by atoms with Crippen molar-refractivity contribution in [2.24, 2.45) is 7.05 Å². The summed E-state index contributed by atoms with van der Waals surface area (Å²) >= 11 is 0. The zero-order valence-corrected chi connectivity index (χ0v) is 10.4. The van der Waals surface area contributed by atoms with Crippen molar-refractivity contribution in [3.63, 3.8) is 0 Å². The molecular weight excluding hydrogens is 228 g/mol. The van der Waals surface area contributed by atoms with Gasteiger partial charge in [-0.15, -0.1) is 0 Å². The van der Waals surface area contributed by atoms with Crippen LogP contribution in [0.4, 0.5) is 5.82 Å². The molecule has 2 aromatic rings. The summed E-state index contributed by atoms with van der Waals surface area (Å²) in [4.78, 5) is 11.2. The van der Waals surface area contributed by atoms with Gasteiger partial charge in [0.1, 0.15) is 5.82 Å². The number of anilines is 1. The molecule has 2 aromatic heterocycles. The van der Waals surface area contributed by atoms with Gasteiger partial charge in [0.05, 0.1) is 24.3 Å². The number of rotatable bonds is 2. The number of hydrogen-bond acceptors (Lipinski definition) is 5. The van der Waals surface area contributed by atoms with Gasteiger partial charge in [0.2, 0.25) is 0 Å². The third kappa shape index (κ3) is 2.19. The lowest BCUT2D eigenvalue weighted by atomic mass is 10.2. The molecular formula is C12H16N6. The van der Waals surface area contributed by atoms with Crippen molar-refractivity contribution in [2.75, 3.05) is 31.1 Å². The molecule has 3 heterocycles. The molecule has 0 aliphatic carbocycles. The van der Waals surface area contributed by atoms with Crippen molar-refractivity contribution < 1.29 is 0 Å². The second-order valence-electron chi connectivity index (χ2n) is 4.40. The van der Waals surface area contributed by atoms with Crippen molar-refractivity contribution in [3.05, 3.63) is 24.8 Å². The minimum absolute atomic E-state index is 0.874. The van der Waals surface area contributed by atoms with E-state index < -0.39 is 0 Å². The zero-order valence-electron chi connectivity index (χ0n) is 10.4. The topological polar surface area (TPSA) is 58.9 Å². The number of hydrogen-bond donors (Lipinski definition) is 1. The summed E-state index contributed by atoms with van der Waals surface area (Å²) in [6.45, 7) is 3.95. The Hall–Kier alpha value is -1.95. The van der Waals surface area contributed by atoms with E-state index in [1.807, 2.05) is 25.6 Å². The van der Waals surface area contributed by atoms with E-state index in [9.17, 15) is 0 Å². The molecule has 1 aliphatic heterocycles. The molecule has 1 aliphatic rings. The molecule has 94 valence electrons. The molecule has 0 atom stereocenters. The van der Waals surface area contributed by atoms with Gasteiger partial charge in [-0.25, -0.2) is 4.98 Å². The summed E-state index contributed by atoms with van der Waals surface area (Å²) < 4.78 is 1.77. The van der Waals surface area contributed by atoms with Crippen LogP contribution in [0, 0.1) is 0 Å². The highest BCUT2D eigenvalue weighted by molar-refractivity contribution is 5.58. The Morgan fingerprint density at radius 3 is 2.72 bits per heavy atom. The van der Waals surface area contributed by atoms with Crippen LogP contribution in [0.1, 0.15) is 0 Å². The SMILES string of the molecule is Cn1cc(-c2cncc(N3CCNCC3)n2)cn1. The molecule has 3 rings (SSSR count). The van der Waals surface area contributed by atoms with Gasteiger partial charge in [0.25, 0.3) is 0 Å². The van der Waals surface area contributed by atoms with Crippen LogP contribution >= 0.6 is 0 Å². The fourth-order valence-corrected chi connectivity index (χ4v) is 2.09. The molecule has 0 aromatic carbocycles. The Morgan fingerprint density at radius 2 is 2.00 bits per heavy atom. The van der Waals surface area contributed by atoms with E-state index in [-0.39, 0.29) is 0 Å². The minimum Gasteiger partial charge on any atom is -0.353 e. The Kier molecular flexibility index (Phi) is 2.93. The molecule has 0 unspecified atom stereocenters. The summed E-state index contributed by atoms with van der Waals surface area (Å²) in [6.07, 6.45) is 7.37. The first kappa shape index (κ1) is 11.2. The maximum absolute atomic E-state index is 4.66. The molecule has 0 radical (unpaired) electrons. The number of aryl methyl sites for hydroxylation is 1. The van der Waals surface area contributed by atoms with Gasteiger partial charge in [0, 0.05) is 45.0 Å². The summed E-state index contributed by atoms with van der Waals surface area (Å²) in [5, 5.41) is 7.49. The van der Waals surface area contributed by atoms with Gasteiger partial charge in [0.15, 0.2) is 0 Å². The van der Waals surface area contributed by atoms with Crippen molar-refractivity contribution in [1.29, 1.82) is 0 Å². The summed E-state index contributed by atoms with van der Waals surface area (Å²) in [5.74, 6) is 0.942. The van der Waals surface area contributed by atoms with Gasteiger partial charge in [-0.1, -0.05) is 0 Å². The quantitative estimate of drug-likeness (QED) is 0.822. The Balaban J connectivity index is 1.88. The molecule has 6 nitrogen and oxygen atoms in total. The molecule has 0 bridgehead atoms. The van der Waals surface area contributed by atoms with Crippen LogP contribution in [0.2, 0.25) is 0 Å². The van der Waals surface area contributed by atoms with E-state index in [4.69, 9.17) is 0 Å². The van der Waals surface area contributed by atoms with Gasteiger partial charge in [-0.05, 0) is 0 Å². The average molecular weight is 244 g/mol. The largest absolute Gasteiger partial charge is 0.353 e.